The average molecular weight is 289 g/mol. The predicted molar refractivity (Wildman–Crippen MR) is 82.7 cm³/mol. The molecule has 2 aromatic rings. The van der Waals surface area contributed by atoms with E-state index in [9.17, 15) is 9.59 Å². The van der Waals surface area contributed by atoms with Crippen LogP contribution in [-0.2, 0) is 11.8 Å². The summed E-state index contributed by atoms with van der Waals surface area (Å²) in [5.41, 5.74) is 0.522. The number of urea groups is 1. The zero-order chi connectivity index (χ0) is 15.2. The molecule has 0 bridgehead atoms. The summed E-state index contributed by atoms with van der Waals surface area (Å²) in [5.74, 6) is 0. The van der Waals surface area contributed by atoms with Crippen molar-refractivity contribution in [3.05, 3.63) is 40.8 Å². The van der Waals surface area contributed by atoms with Crippen molar-refractivity contribution in [3.63, 3.8) is 0 Å². The molecule has 0 unspecified atom stereocenters. The fraction of sp³-hybridized carbons (Fsp3) is 0.333. The molecule has 2 N–H and O–H groups in total. The molecule has 0 fully saturated rings. The number of aromatic nitrogens is 1. The van der Waals surface area contributed by atoms with Gasteiger partial charge in [-0.25, -0.2) is 4.79 Å². The molecule has 1 heterocycles. The number of hydrogen-bond donors (Lipinski definition) is 2. The number of pyridine rings is 1. The van der Waals surface area contributed by atoms with E-state index in [1.807, 2.05) is 12.1 Å². The first kappa shape index (κ1) is 15.1. The van der Waals surface area contributed by atoms with E-state index in [1.165, 1.54) is 4.57 Å². The second-order valence-electron chi connectivity index (χ2n) is 4.73. The van der Waals surface area contributed by atoms with Crippen LogP contribution in [0.1, 0.15) is 6.42 Å². The summed E-state index contributed by atoms with van der Waals surface area (Å²) < 4.78 is 6.38. The molecule has 1 aromatic heterocycles. The molecule has 0 atom stereocenters. The monoisotopic (exact) mass is 289 g/mol. The number of hydrogen-bond acceptors (Lipinski definition) is 3. The Morgan fingerprint density at radius 2 is 2.00 bits per heavy atom. The van der Waals surface area contributed by atoms with Crippen LogP contribution in [0.4, 0.5) is 10.5 Å². The molecule has 0 spiro atoms. The third kappa shape index (κ3) is 3.61. The van der Waals surface area contributed by atoms with Crippen LogP contribution in [0.3, 0.4) is 0 Å². The fourth-order valence-electron chi connectivity index (χ4n) is 2.10. The summed E-state index contributed by atoms with van der Waals surface area (Å²) in [6.07, 6.45) is 2.37. The fourth-order valence-corrected chi connectivity index (χ4v) is 2.10. The van der Waals surface area contributed by atoms with Gasteiger partial charge in [0.25, 0.3) is 5.56 Å². The Balaban J connectivity index is 2.17. The molecule has 0 saturated carbocycles. The van der Waals surface area contributed by atoms with Crippen LogP contribution < -0.4 is 16.2 Å². The van der Waals surface area contributed by atoms with Gasteiger partial charge in [0.15, 0.2) is 0 Å². The van der Waals surface area contributed by atoms with Crippen LogP contribution in [0.2, 0.25) is 0 Å². The summed E-state index contributed by atoms with van der Waals surface area (Å²) in [6, 6.07) is 6.91. The molecule has 0 aliphatic carbocycles. The van der Waals surface area contributed by atoms with E-state index >= 15 is 0 Å². The number of ether oxygens (including phenoxy) is 1. The molecule has 6 heteroatoms. The van der Waals surface area contributed by atoms with Crippen molar-refractivity contribution in [3.8, 4) is 0 Å². The van der Waals surface area contributed by atoms with E-state index < -0.39 is 0 Å². The maximum atomic E-state index is 12.0. The zero-order valence-electron chi connectivity index (χ0n) is 12.2. The van der Waals surface area contributed by atoms with Gasteiger partial charge in [0, 0.05) is 44.3 Å². The van der Waals surface area contributed by atoms with Crippen LogP contribution in [0.5, 0.6) is 0 Å². The second kappa shape index (κ2) is 6.90. The van der Waals surface area contributed by atoms with Gasteiger partial charge in [0.2, 0.25) is 0 Å². The molecule has 1 aromatic carbocycles. The number of methoxy groups -OCH3 is 1. The van der Waals surface area contributed by atoms with Gasteiger partial charge in [-0.3, -0.25) is 4.79 Å². The van der Waals surface area contributed by atoms with Gasteiger partial charge in [0.1, 0.15) is 0 Å². The number of amides is 2. The molecule has 0 aliphatic heterocycles. The Bertz CT molecular complexity index is 694. The number of benzene rings is 1. The molecule has 0 saturated heterocycles. The van der Waals surface area contributed by atoms with Gasteiger partial charge in [0.05, 0.1) is 5.69 Å². The molecule has 112 valence electrons. The highest BCUT2D eigenvalue weighted by Crippen LogP contribution is 2.19. The van der Waals surface area contributed by atoms with Crippen molar-refractivity contribution in [2.24, 2.45) is 7.05 Å². The number of rotatable bonds is 5. The van der Waals surface area contributed by atoms with Crippen molar-refractivity contribution in [1.82, 2.24) is 9.88 Å². The second-order valence-corrected chi connectivity index (χ2v) is 4.73. The largest absolute Gasteiger partial charge is 0.385 e. The highest BCUT2D eigenvalue weighted by Gasteiger charge is 2.09. The Hall–Kier alpha value is -2.34. The van der Waals surface area contributed by atoms with Gasteiger partial charge in [-0.1, -0.05) is 18.2 Å². The van der Waals surface area contributed by atoms with Crippen LogP contribution in [0.25, 0.3) is 10.8 Å². The highest BCUT2D eigenvalue weighted by atomic mass is 16.5. The molecule has 21 heavy (non-hydrogen) atoms. The van der Waals surface area contributed by atoms with Gasteiger partial charge in [-0.15, -0.1) is 0 Å². The summed E-state index contributed by atoms with van der Waals surface area (Å²) >= 11 is 0. The molecule has 2 amide bonds. The molecular formula is C15H19N3O3. The van der Waals surface area contributed by atoms with E-state index in [0.717, 1.165) is 11.8 Å². The van der Waals surface area contributed by atoms with Crippen LogP contribution >= 0.6 is 0 Å². The van der Waals surface area contributed by atoms with Crippen LogP contribution in [-0.4, -0.2) is 30.9 Å². The lowest BCUT2D eigenvalue weighted by Gasteiger charge is -2.11. The molecule has 2 rings (SSSR count). The first-order valence-electron chi connectivity index (χ1n) is 6.75. The maximum absolute atomic E-state index is 12.0. The first-order chi connectivity index (χ1) is 10.1. The topological polar surface area (TPSA) is 72.4 Å². The normalized spacial score (nSPS) is 10.6. The van der Waals surface area contributed by atoms with Crippen LogP contribution in [0.15, 0.2) is 35.3 Å². The van der Waals surface area contributed by atoms with Gasteiger partial charge >= 0.3 is 6.03 Å². The Kier molecular flexibility index (Phi) is 4.94. The van der Waals surface area contributed by atoms with Gasteiger partial charge in [-0.05, 0) is 12.5 Å². The summed E-state index contributed by atoms with van der Waals surface area (Å²) in [6.45, 7) is 1.13. The maximum Gasteiger partial charge on any atom is 0.319 e. The first-order valence-corrected chi connectivity index (χ1v) is 6.75. The standard InChI is InChI=1S/C15H19N3O3/c1-18-10-13(17-15(20)16-8-5-9-21-2)11-6-3-4-7-12(11)14(18)19/h3-4,6-7,10H,5,8-9H2,1-2H3,(H2,16,17,20). The van der Waals surface area contributed by atoms with E-state index in [4.69, 9.17) is 4.74 Å². The minimum absolute atomic E-state index is 0.0864. The van der Waals surface area contributed by atoms with Crippen molar-refractivity contribution < 1.29 is 9.53 Å². The van der Waals surface area contributed by atoms with E-state index in [0.29, 0.717) is 24.2 Å². The minimum Gasteiger partial charge on any atom is -0.385 e. The van der Waals surface area contributed by atoms with Crippen LogP contribution in [0, 0.1) is 0 Å². The SMILES string of the molecule is COCCCNC(=O)Nc1cn(C)c(=O)c2ccccc12. The number of carbonyl (C=O) groups excluding carboxylic acids is 1. The van der Waals surface area contributed by atoms with Crippen molar-refractivity contribution in [2.75, 3.05) is 25.6 Å². The zero-order valence-corrected chi connectivity index (χ0v) is 12.2. The number of carbonyl (C=O) groups is 1. The predicted octanol–water partition coefficient (Wildman–Crippen LogP) is 1.70. The van der Waals surface area contributed by atoms with E-state index in [1.54, 1.807) is 32.5 Å². The third-order valence-corrected chi connectivity index (χ3v) is 3.15. The summed E-state index contributed by atoms with van der Waals surface area (Å²) in [4.78, 5) is 23.9. The number of nitrogens with zero attached hydrogens (tertiary/aromatic N) is 1. The Morgan fingerprint density at radius 1 is 1.29 bits per heavy atom. The summed E-state index contributed by atoms with van der Waals surface area (Å²) in [7, 11) is 3.28. The van der Waals surface area contributed by atoms with Gasteiger partial charge in [-0.2, -0.15) is 0 Å². The van der Waals surface area contributed by atoms with Crippen molar-refractivity contribution in [2.45, 2.75) is 6.42 Å². The smallest absolute Gasteiger partial charge is 0.319 e. The number of aryl methyl sites for hydroxylation is 1. The number of fused-ring (bicyclic) bond motifs is 1. The van der Waals surface area contributed by atoms with Crippen molar-refractivity contribution >= 4 is 22.5 Å². The van der Waals surface area contributed by atoms with Gasteiger partial charge < -0.3 is 19.9 Å². The summed E-state index contributed by atoms with van der Waals surface area (Å²) in [5, 5.41) is 6.84. The molecule has 0 radical (unpaired) electrons. The lowest BCUT2D eigenvalue weighted by atomic mass is 10.1. The lowest BCUT2D eigenvalue weighted by molar-refractivity contribution is 0.194. The van der Waals surface area contributed by atoms with E-state index in [2.05, 4.69) is 10.6 Å². The average Bonchev–Trinajstić information content (AvgIpc) is 2.49. The van der Waals surface area contributed by atoms with E-state index in [-0.39, 0.29) is 11.6 Å². The lowest BCUT2D eigenvalue weighted by Crippen LogP contribution is -2.30. The Labute approximate surface area is 122 Å². The molecule has 6 nitrogen and oxygen atoms in total. The molecular weight excluding hydrogens is 270 g/mol. The Morgan fingerprint density at radius 3 is 2.71 bits per heavy atom. The minimum atomic E-state index is -0.296. The third-order valence-electron chi connectivity index (χ3n) is 3.15. The quantitative estimate of drug-likeness (QED) is 0.823. The molecule has 0 aliphatic rings. The van der Waals surface area contributed by atoms with Crippen molar-refractivity contribution in [1.29, 1.82) is 0 Å². The number of anilines is 1. The highest BCUT2D eigenvalue weighted by molar-refractivity contribution is 6.00. The number of nitrogens with one attached hydrogen (secondary N) is 2.